The van der Waals surface area contributed by atoms with Gasteiger partial charge >= 0.3 is 5.97 Å². The number of rotatable bonds is 4. The molecule has 126 valence electrons. The van der Waals surface area contributed by atoms with Crippen LogP contribution in [0.1, 0.15) is 15.9 Å². The van der Waals surface area contributed by atoms with Crippen molar-refractivity contribution >= 4 is 28.6 Å². The van der Waals surface area contributed by atoms with Gasteiger partial charge in [0.25, 0.3) is 5.91 Å². The number of amides is 1. The Hall–Kier alpha value is -3.35. The number of ether oxygens (including phenoxy) is 1. The van der Waals surface area contributed by atoms with Gasteiger partial charge in [0.05, 0.1) is 22.3 Å². The van der Waals surface area contributed by atoms with Crippen LogP contribution in [0.4, 0.5) is 10.1 Å². The Kier molecular flexibility index (Phi) is 4.65. The number of aryl methyl sites for hydroxylation is 1. The summed E-state index contributed by atoms with van der Waals surface area (Å²) in [5, 5.41) is 2.36. The molecule has 0 aliphatic carbocycles. The SMILES string of the molecule is Cc1ccc(NC(=O)COC(=O)c2ccc3nccnc3c2)c(F)c1. The van der Waals surface area contributed by atoms with E-state index in [4.69, 9.17) is 4.74 Å². The number of hydrogen-bond acceptors (Lipinski definition) is 5. The Bertz CT molecular complexity index is 959. The molecular weight excluding hydrogens is 325 g/mol. The predicted molar refractivity (Wildman–Crippen MR) is 89.6 cm³/mol. The fourth-order valence-corrected chi connectivity index (χ4v) is 2.21. The summed E-state index contributed by atoms with van der Waals surface area (Å²) in [6.45, 7) is 1.22. The van der Waals surface area contributed by atoms with Gasteiger partial charge in [-0.1, -0.05) is 6.07 Å². The van der Waals surface area contributed by atoms with Crippen LogP contribution in [0.5, 0.6) is 0 Å². The molecule has 1 heterocycles. The molecule has 0 saturated heterocycles. The summed E-state index contributed by atoms with van der Waals surface area (Å²) >= 11 is 0. The zero-order chi connectivity index (χ0) is 17.8. The van der Waals surface area contributed by atoms with Gasteiger partial charge in [-0.15, -0.1) is 0 Å². The van der Waals surface area contributed by atoms with E-state index in [-0.39, 0.29) is 11.3 Å². The van der Waals surface area contributed by atoms with Gasteiger partial charge in [-0.25, -0.2) is 9.18 Å². The van der Waals surface area contributed by atoms with Crippen molar-refractivity contribution in [1.29, 1.82) is 0 Å². The zero-order valence-corrected chi connectivity index (χ0v) is 13.3. The molecule has 0 unspecified atom stereocenters. The number of aromatic nitrogens is 2. The lowest BCUT2D eigenvalue weighted by Gasteiger charge is -2.08. The smallest absolute Gasteiger partial charge is 0.338 e. The molecule has 7 heteroatoms. The van der Waals surface area contributed by atoms with Gasteiger partial charge in [-0.2, -0.15) is 0 Å². The number of carbonyl (C=O) groups excluding carboxylic acids is 2. The Balaban J connectivity index is 1.61. The molecule has 0 radical (unpaired) electrons. The first-order valence-electron chi connectivity index (χ1n) is 7.47. The van der Waals surface area contributed by atoms with E-state index in [9.17, 15) is 14.0 Å². The maximum absolute atomic E-state index is 13.7. The van der Waals surface area contributed by atoms with Gasteiger partial charge in [-0.05, 0) is 42.8 Å². The van der Waals surface area contributed by atoms with E-state index in [1.807, 2.05) is 0 Å². The topological polar surface area (TPSA) is 81.2 Å². The number of carbonyl (C=O) groups is 2. The average molecular weight is 339 g/mol. The van der Waals surface area contributed by atoms with Gasteiger partial charge in [-0.3, -0.25) is 14.8 Å². The molecule has 0 atom stereocenters. The molecule has 0 spiro atoms. The molecule has 1 aromatic heterocycles. The molecule has 3 rings (SSSR count). The van der Waals surface area contributed by atoms with E-state index in [1.165, 1.54) is 30.5 Å². The van der Waals surface area contributed by atoms with Crippen molar-refractivity contribution in [3.05, 3.63) is 65.7 Å². The standard InChI is InChI=1S/C18H14FN3O3/c1-11-2-4-14(13(19)8-11)22-17(23)10-25-18(24)12-3-5-15-16(9-12)21-7-6-20-15/h2-9H,10H2,1H3,(H,22,23). The van der Waals surface area contributed by atoms with Gasteiger partial charge in [0.15, 0.2) is 6.61 Å². The van der Waals surface area contributed by atoms with Crippen LogP contribution in [0.15, 0.2) is 48.8 Å². The van der Waals surface area contributed by atoms with Crippen molar-refractivity contribution in [2.24, 2.45) is 0 Å². The Morgan fingerprint density at radius 2 is 1.84 bits per heavy atom. The highest BCUT2D eigenvalue weighted by Crippen LogP contribution is 2.15. The first-order valence-corrected chi connectivity index (χ1v) is 7.47. The van der Waals surface area contributed by atoms with Crippen molar-refractivity contribution < 1.29 is 18.7 Å². The molecule has 0 bridgehead atoms. The normalized spacial score (nSPS) is 10.5. The molecular formula is C18H14FN3O3. The molecule has 3 aromatic rings. The molecule has 0 saturated carbocycles. The van der Waals surface area contributed by atoms with Crippen LogP contribution in [-0.2, 0) is 9.53 Å². The number of fused-ring (bicyclic) bond motifs is 1. The summed E-state index contributed by atoms with van der Waals surface area (Å²) in [7, 11) is 0. The quantitative estimate of drug-likeness (QED) is 0.739. The van der Waals surface area contributed by atoms with Crippen LogP contribution in [0.2, 0.25) is 0 Å². The van der Waals surface area contributed by atoms with Gasteiger partial charge < -0.3 is 10.1 Å². The maximum Gasteiger partial charge on any atom is 0.338 e. The number of esters is 1. The van der Waals surface area contributed by atoms with Crippen LogP contribution in [0, 0.1) is 12.7 Å². The van der Waals surface area contributed by atoms with Crippen molar-refractivity contribution in [1.82, 2.24) is 9.97 Å². The number of benzene rings is 2. The summed E-state index contributed by atoms with van der Waals surface area (Å²) in [6, 6.07) is 9.13. The second-order valence-corrected chi connectivity index (χ2v) is 5.37. The molecule has 1 N–H and O–H groups in total. The fraction of sp³-hybridized carbons (Fsp3) is 0.111. The van der Waals surface area contributed by atoms with Gasteiger partial charge in [0, 0.05) is 12.4 Å². The minimum absolute atomic E-state index is 0.0348. The summed E-state index contributed by atoms with van der Waals surface area (Å²) < 4.78 is 18.6. The highest BCUT2D eigenvalue weighted by molar-refractivity contribution is 5.97. The Morgan fingerprint density at radius 1 is 1.08 bits per heavy atom. The van der Waals surface area contributed by atoms with Gasteiger partial charge in [0.2, 0.25) is 0 Å². The number of halogens is 1. The van der Waals surface area contributed by atoms with Gasteiger partial charge in [0.1, 0.15) is 5.82 Å². The largest absolute Gasteiger partial charge is 0.452 e. The molecule has 0 aliphatic heterocycles. The number of hydrogen-bond donors (Lipinski definition) is 1. The second kappa shape index (κ2) is 7.04. The Morgan fingerprint density at radius 3 is 2.60 bits per heavy atom. The lowest BCUT2D eigenvalue weighted by molar-refractivity contribution is -0.119. The zero-order valence-electron chi connectivity index (χ0n) is 13.3. The highest BCUT2D eigenvalue weighted by atomic mass is 19.1. The summed E-state index contributed by atoms with van der Waals surface area (Å²) in [4.78, 5) is 32.1. The molecule has 2 aromatic carbocycles. The number of anilines is 1. The van der Waals surface area contributed by atoms with E-state index in [0.29, 0.717) is 11.0 Å². The minimum Gasteiger partial charge on any atom is -0.452 e. The fourth-order valence-electron chi connectivity index (χ4n) is 2.21. The third-order valence-electron chi connectivity index (χ3n) is 3.44. The third kappa shape index (κ3) is 3.95. The molecule has 0 aliphatic rings. The van der Waals surface area contributed by atoms with E-state index < -0.39 is 24.3 Å². The lowest BCUT2D eigenvalue weighted by atomic mass is 10.2. The van der Waals surface area contributed by atoms with Crippen molar-refractivity contribution in [2.45, 2.75) is 6.92 Å². The Labute approximate surface area is 142 Å². The van der Waals surface area contributed by atoms with E-state index in [1.54, 1.807) is 25.3 Å². The maximum atomic E-state index is 13.7. The van der Waals surface area contributed by atoms with Crippen LogP contribution < -0.4 is 5.32 Å². The summed E-state index contributed by atoms with van der Waals surface area (Å²) in [5.41, 5.74) is 2.21. The monoisotopic (exact) mass is 339 g/mol. The highest BCUT2D eigenvalue weighted by Gasteiger charge is 2.13. The number of nitrogens with one attached hydrogen (secondary N) is 1. The van der Waals surface area contributed by atoms with E-state index in [2.05, 4.69) is 15.3 Å². The van der Waals surface area contributed by atoms with Crippen LogP contribution >= 0.6 is 0 Å². The molecule has 1 amide bonds. The summed E-state index contributed by atoms with van der Waals surface area (Å²) in [5.74, 6) is -1.85. The van der Waals surface area contributed by atoms with Crippen LogP contribution in [-0.4, -0.2) is 28.5 Å². The van der Waals surface area contributed by atoms with Crippen molar-refractivity contribution in [3.63, 3.8) is 0 Å². The first-order chi connectivity index (χ1) is 12.0. The van der Waals surface area contributed by atoms with Crippen LogP contribution in [0.25, 0.3) is 11.0 Å². The minimum atomic E-state index is -0.674. The number of nitrogens with zero attached hydrogens (tertiary/aromatic N) is 2. The van der Waals surface area contributed by atoms with Crippen molar-refractivity contribution in [3.8, 4) is 0 Å². The molecule has 25 heavy (non-hydrogen) atoms. The average Bonchev–Trinajstić information content (AvgIpc) is 2.61. The first kappa shape index (κ1) is 16.5. The third-order valence-corrected chi connectivity index (χ3v) is 3.44. The molecule has 0 fully saturated rings. The summed E-state index contributed by atoms with van der Waals surface area (Å²) in [6.07, 6.45) is 3.07. The molecule has 6 nitrogen and oxygen atoms in total. The lowest BCUT2D eigenvalue weighted by Crippen LogP contribution is -2.21. The van der Waals surface area contributed by atoms with E-state index >= 15 is 0 Å². The predicted octanol–water partition coefficient (Wildman–Crippen LogP) is 2.87. The second-order valence-electron chi connectivity index (χ2n) is 5.37. The van der Waals surface area contributed by atoms with Crippen molar-refractivity contribution in [2.75, 3.05) is 11.9 Å². The van der Waals surface area contributed by atoms with Crippen LogP contribution in [0.3, 0.4) is 0 Å². The van der Waals surface area contributed by atoms with E-state index in [0.717, 1.165) is 5.56 Å².